The Morgan fingerprint density at radius 3 is 2.63 bits per heavy atom. The molecule has 1 aliphatic heterocycles. The fourth-order valence-electron chi connectivity index (χ4n) is 3.26. The van der Waals surface area contributed by atoms with Crippen LogP contribution >= 0.6 is 35.8 Å². The summed E-state index contributed by atoms with van der Waals surface area (Å²) < 4.78 is 6.05. The van der Waals surface area contributed by atoms with Crippen LogP contribution < -0.4 is 10.2 Å². The molecule has 0 aliphatic carbocycles. The van der Waals surface area contributed by atoms with Gasteiger partial charge in [0.1, 0.15) is 23.2 Å². The topological polar surface area (TPSA) is 69.3 Å². The number of rotatable bonds is 3. The molecule has 2 heterocycles. The lowest BCUT2D eigenvalue weighted by molar-refractivity contribution is -0.118. The van der Waals surface area contributed by atoms with Crippen molar-refractivity contribution in [3.63, 3.8) is 0 Å². The number of nitrogens with one attached hydrogen (secondary N) is 1. The van der Waals surface area contributed by atoms with Gasteiger partial charge >= 0.3 is 0 Å². The van der Waals surface area contributed by atoms with E-state index in [1.54, 1.807) is 35.2 Å². The first-order valence-corrected chi connectivity index (χ1v) is 10.1. The van der Waals surface area contributed by atoms with Crippen molar-refractivity contribution in [3.05, 3.63) is 86.6 Å². The van der Waals surface area contributed by atoms with Crippen LogP contribution in [0.3, 0.4) is 0 Å². The lowest BCUT2D eigenvalue weighted by atomic mass is 10.1. The fraction of sp³-hybridized carbons (Fsp3) is 0.0909. The molecule has 1 aliphatic rings. The van der Waals surface area contributed by atoms with Gasteiger partial charge in [0.05, 0.1) is 15.1 Å². The third-order valence-electron chi connectivity index (χ3n) is 4.70. The standard InChI is InChI=1S/C22H15Cl2N3O2S/c1-12-3-2-4-14(9-12)27-20(26-21(28)15(11-25)22(27)30)19-8-7-18(29-19)13-5-6-16(23)17(24)10-13/h2-10,20,30H,1H3,(H,26,28). The second-order valence-electron chi connectivity index (χ2n) is 6.73. The van der Waals surface area contributed by atoms with Crippen molar-refractivity contribution in [2.75, 3.05) is 4.90 Å². The fourth-order valence-corrected chi connectivity index (χ4v) is 3.94. The van der Waals surface area contributed by atoms with E-state index in [0.717, 1.165) is 16.8 Å². The normalized spacial score (nSPS) is 16.4. The summed E-state index contributed by atoms with van der Waals surface area (Å²) >= 11 is 16.6. The molecule has 1 aromatic heterocycles. The number of carbonyl (C=O) groups is 1. The largest absolute Gasteiger partial charge is 0.457 e. The highest BCUT2D eigenvalue weighted by Crippen LogP contribution is 2.38. The van der Waals surface area contributed by atoms with E-state index in [0.29, 0.717) is 21.6 Å². The predicted molar refractivity (Wildman–Crippen MR) is 120 cm³/mol. The third-order valence-corrected chi connectivity index (χ3v) is 5.88. The van der Waals surface area contributed by atoms with Crippen LogP contribution in [0.4, 0.5) is 5.69 Å². The molecule has 1 N–H and O–H groups in total. The number of thiol groups is 1. The van der Waals surface area contributed by atoms with Crippen LogP contribution in [0, 0.1) is 18.3 Å². The number of amides is 1. The van der Waals surface area contributed by atoms with Crippen LogP contribution in [0.2, 0.25) is 10.0 Å². The molecule has 4 rings (SSSR count). The summed E-state index contributed by atoms with van der Waals surface area (Å²) in [6.45, 7) is 1.96. The minimum Gasteiger partial charge on any atom is -0.457 e. The van der Waals surface area contributed by atoms with Crippen molar-refractivity contribution in [3.8, 4) is 17.4 Å². The van der Waals surface area contributed by atoms with E-state index < -0.39 is 12.1 Å². The minimum absolute atomic E-state index is 0.0626. The highest BCUT2D eigenvalue weighted by molar-refractivity contribution is 7.84. The summed E-state index contributed by atoms with van der Waals surface area (Å²) in [5, 5.41) is 13.4. The number of halogens is 2. The average molecular weight is 456 g/mol. The number of anilines is 1. The number of benzene rings is 2. The molecule has 5 nitrogen and oxygen atoms in total. The molecule has 0 fully saturated rings. The minimum atomic E-state index is -0.680. The summed E-state index contributed by atoms with van der Waals surface area (Å²) in [5.74, 6) is 0.538. The first kappa shape index (κ1) is 20.4. The number of hydrogen-bond acceptors (Lipinski definition) is 5. The summed E-state index contributed by atoms with van der Waals surface area (Å²) in [7, 11) is 0. The molecule has 1 amide bonds. The van der Waals surface area contributed by atoms with E-state index >= 15 is 0 Å². The van der Waals surface area contributed by atoms with Gasteiger partial charge in [0.15, 0.2) is 6.17 Å². The molecular weight excluding hydrogens is 441 g/mol. The number of nitrogens with zero attached hydrogens (tertiary/aromatic N) is 2. The summed E-state index contributed by atoms with van der Waals surface area (Å²) in [6.07, 6.45) is -0.680. The van der Waals surface area contributed by atoms with Gasteiger partial charge in [-0.25, -0.2) is 0 Å². The molecule has 1 unspecified atom stereocenters. The lowest BCUT2D eigenvalue weighted by Gasteiger charge is -2.36. The Kier molecular flexibility index (Phi) is 5.52. The van der Waals surface area contributed by atoms with E-state index in [-0.39, 0.29) is 10.6 Å². The molecule has 0 saturated carbocycles. The van der Waals surface area contributed by atoms with Gasteiger partial charge in [-0.15, -0.1) is 12.6 Å². The third kappa shape index (κ3) is 3.68. The van der Waals surface area contributed by atoms with Gasteiger partial charge in [-0.2, -0.15) is 5.26 Å². The van der Waals surface area contributed by atoms with Gasteiger partial charge in [0, 0.05) is 11.3 Å². The Morgan fingerprint density at radius 1 is 1.13 bits per heavy atom. The maximum atomic E-state index is 12.5. The molecule has 8 heteroatoms. The zero-order chi connectivity index (χ0) is 21.4. The number of aryl methyl sites for hydroxylation is 1. The van der Waals surface area contributed by atoms with Crippen LogP contribution in [0.5, 0.6) is 0 Å². The first-order chi connectivity index (χ1) is 14.4. The zero-order valence-electron chi connectivity index (χ0n) is 15.7. The SMILES string of the molecule is Cc1cccc(N2C(S)=C(C#N)C(=O)NC2c2ccc(-c3ccc(Cl)c(Cl)c3)o2)c1. The van der Waals surface area contributed by atoms with Crippen molar-refractivity contribution in [1.29, 1.82) is 5.26 Å². The number of carbonyl (C=O) groups excluding carboxylic acids is 1. The maximum absolute atomic E-state index is 12.5. The lowest BCUT2D eigenvalue weighted by Crippen LogP contribution is -2.45. The van der Waals surface area contributed by atoms with Crippen molar-refractivity contribution in [2.45, 2.75) is 13.1 Å². The predicted octanol–water partition coefficient (Wildman–Crippen LogP) is 5.86. The van der Waals surface area contributed by atoms with Crippen LogP contribution in [0.25, 0.3) is 11.3 Å². The number of furan rings is 1. The first-order valence-electron chi connectivity index (χ1n) is 8.94. The average Bonchev–Trinajstić information content (AvgIpc) is 3.20. The second-order valence-corrected chi connectivity index (χ2v) is 7.96. The second kappa shape index (κ2) is 8.11. The molecular formula is C22H15Cl2N3O2S. The molecule has 30 heavy (non-hydrogen) atoms. The van der Waals surface area contributed by atoms with Gasteiger partial charge < -0.3 is 14.6 Å². The van der Waals surface area contributed by atoms with Gasteiger partial charge in [-0.05, 0) is 55.0 Å². The van der Waals surface area contributed by atoms with Gasteiger partial charge in [0.2, 0.25) is 0 Å². The monoisotopic (exact) mass is 455 g/mol. The Labute approximate surface area is 188 Å². The van der Waals surface area contributed by atoms with Crippen molar-refractivity contribution < 1.29 is 9.21 Å². The zero-order valence-corrected chi connectivity index (χ0v) is 18.1. The van der Waals surface area contributed by atoms with E-state index in [2.05, 4.69) is 17.9 Å². The van der Waals surface area contributed by atoms with Crippen molar-refractivity contribution >= 4 is 47.4 Å². The quantitative estimate of drug-likeness (QED) is 0.485. The molecule has 0 saturated heterocycles. The Morgan fingerprint density at radius 2 is 1.93 bits per heavy atom. The molecule has 1 atom stereocenters. The van der Waals surface area contributed by atoms with E-state index in [1.165, 1.54) is 0 Å². The molecule has 0 spiro atoms. The van der Waals surface area contributed by atoms with E-state index in [9.17, 15) is 10.1 Å². The molecule has 3 aromatic rings. The van der Waals surface area contributed by atoms with Gasteiger partial charge in [0.25, 0.3) is 5.91 Å². The maximum Gasteiger partial charge on any atom is 0.266 e. The van der Waals surface area contributed by atoms with E-state index in [1.807, 2.05) is 37.3 Å². The smallest absolute Gasteiger partial charge is 0.266 e. The van der Waals surface area contributed by atoms with Crippen molar-refractivity contribution in [2.24, 2.45) is 0 Å². The summed E-state index contributed by atoms with van der Waals surface area (Å²) in [6, 6.07) is 18.4. The summed E-state index contributed by atoms with van der Waals surface area (Å²) in [4.78, 5) is 14.2. The molecule has 150 valence electrons. The van der Waals surface area contributed by atoms with Crippen LogP contribution in [-0.2, 0) is 4.79 Å². The number of hydrogen-bond donors (Lipinski definition) is 2. The molecule has 0 bridgehead atoms. The van der Waals surface area contributed by atoms with Crippen LogP contribution in [0.15, 0.2) is 69.6 Å². The van der Waals surface area contributed by atoms with Gasteiger partial charge in [-0.3, -0.25) is 4.79 Å². The Balaban J connectivity index is 1.79. The van der Waals surface area contributed by atoms with Crippen molar-refractivity contribution in [1.82, 2.24) is 5.32 Å². The van der Waals surface area contributed by atoms with Crippen LogP contribution in [-0.4, -0.2) is 5.91 Å². The molecule has 0 radical (unpaired) electrons. The van der Waals surface area contributed by atoms with Crippen LogP contribution in [0.1, 0.15) is 17.5 Å². The Hall–Kier alpha value is -2.85. The highest BCUT2D eigenvalue weighted by Gasteiger charge is 2.35. The van der Waals surface area contributed by atoms with Gasteiger partial charge in [-0.1, -0.05) is 35.3 Å². The number of nitriles is 1. The highest BCUT2D eigenvalue weighted by atomic mass is 35.5. The Bertz CT molecular complexity index is 1230. The summed E-state index contributed by atoms with van der Waals surface area (Å²) in [5.41, 5.74) is 2.48. The van der Waals surface area contributed by atoms with E-state index in [4.69, 9.17) is 27.6 Å². The molecule has 2 aromatic carbocycles.